The number of amides is 2. The molecule has 0 heterocycles. The Morgan fingerprint density at radius 2 is 1.61 bits per heavy atom. The molecule has 0 saturated carbocycles. The predicted octanol–water partition coefficient (Wildman–Crippen LogP) is 3.44. The topological polar surface area (TPSA) is 50.4 Å². The number of hydrogen-bond acceptors (Lipinski definition) is 2. The van der Waals surface area contributed by atoms with E-state index in [1.165, 1.54) is 11.1 Å². The smallest absolute Gasteiger partial charge is 0.315 e. The van der Waals surface area contributed by atoms with Crippen molar-refractivity contribution in [3.63, 3.8) is 0 Å². The molecular formula is C19H24N2O2. The van der Waals surface area contributed by atoms with Crippen molar-refractivity contribution >= 4 is 6.03 Å². The third-order valence-electron chi connectivity index (χ3n) is 3.56. The number of carbonyl (C=O) groups excluding carboxylic acids is 1. The molecule has 2 rings (SSSR count). The molecule has 0 aromatic heterocycles. The standard InChI is InChI=1S/C19H24N2O2/c1-3-16-8-10-18(11-9-16)23-13-12-20-19(22)21-14-17-6-4-15(2)5-7-17/h4-11H,3,12-14H2,1-2H3,(H2,20,21,22). The molecule has 0 spiro atoms. The van der Waals surface area contributed by atoms with Gasteiger partial charge in [0.2, 0.25) is 0 Å². The van der Waals surface area contributed by atoms with E-state index in [4.69, 9.17) is 4.74 Å². The molecule has 2 aromatic carbocycles. The monoisotopic (exact) mass is 312 g/mol. The first-order chi connectivity index (χ1) is 11.2. The Bertz CT molecular complexity index is 606. The maximum atomic E-state index is 11.7. The number of rotatable bonds is 7. The molecule has 122 valence electrons. The molecule has 0 atom stereocenters. The van der Waals surface area contributed by atoms with Crippen LogP contribution in [0.1, 0.15) is 23.6 Å². The second-order valence-corrected chi connectivity index (χ2v) is 5.44. The van der Waals surface area contributed by atoms with Crippen LogP contribution < -0.4 is 15.4 Å². The van der Waals surface area contributed by atoms with E-state index >= 15 is 0 Å². The summed E-state index contributed by atoms with van der Waals surface area (Å²) in [7, 11) is 0. The molecule has 4 heteroatoms. The van der Waals surface area contributed by atoms with E-state index < -0.39 is 0 Å². The van der Waals surface area contributed by atoms with Crippen molar-refractivity contribution in [3.05, 3.63) is 65.2 Å². The first-order valence-corrected chi connectivity index (χ1v) is 7.96. The van der Waals surface area contributed by atoms with Crippen LogP contribution in [0.2, 0.25) is 0 Å². The number of aryl methyl sites for hydroxylation is 2. The quantitative estimate of drug-likeness (QED) is 0.770. The van der Waals surface area contributed by atoms with Crippen LogP contribution in [-0.2, 0) is 13.0 Å². The summed E-state index contributed by atoms with van der Waals surface area (Å²) in [5.41, 5.74) is 3.58. The summed E-state index contributed by atoms with van der Waals surface area (Å²) in [6.45, 7) is 5.60. The first-order valence-electron chi connectivity index (χ1n) is 7.96. The van der Waals surface area contributed by atoms with Gasteiger partial charge in [-0.1, -0.05) is 48.9 Å². The van der Waals surface area contributed by atoms with Crippen LogP contribution in [0.5, 0.6) is 5.75 Å². The molecule has 0 unspecified atom stereocenters. The van der Waals surface area contributed by atoms with E-state index in [2.05, 4.69) is 29.7 Å². The maximum absolute atomic E-state index is 11.7. The summed E-state index contributed by atoms with van der Waals surface area (Å²) < 4.78 is 5.59. The highest BCUT2D eigenvalue weighted by Crippen LogP contribution is 2.12. The zero-order valence-corrected chi connectivity index (χ0v) is 13.8. The third-order valence-corrected chi connectivity index (χ3v) is 3.56. The highest BCUT2D eigenvalue weighted by Gasteiger charge is 2.00. The van der Waals surface area contributed by atoms with Gasteiger partial charge < -0.3 is 15.4 Å². The van der Waals surface area contributed by atoms with E-state index in [9.17, 15) is 4.79 Å². The summed E-state index contributed by atoms with van der Waals surface area (Å²) in [5, 5.41) is 5.61. The molecule has 0 fully saturated rings. The zero-order valence-electron chi connectivity index (χ0n) is 13.8. The SMILES string of the molecule is CCc1ccc(OCCNC(=O)NCc2ccc(C)cc2)cc1. The molecule has 23 heavy (non-hydrogen) atoms. The molecule has 0 saturated heterocycles. The number of hydrogen-bond donors (Lipinski definition) is 2. The summed E-state index contributed by atoms with van der Waals surface area (Å²) in [6.07, 6.45) is 1.02. The molecular weight excluding hydrogens is 288 g/mol. The maximum Gasteiger partial charge on any atom is 0.315 e. The number of urea groups is 1. The molecule has 0 aliphatic carbocycles. The van der Waals surface area contributed by atoms with Gasteiger partial charge in [0.15, 0.2) is 0 Å². The van der Waals surface area contributed by atoms with Gasteiger partial charge >= 0.3 is 6.03 Å². The Hall–Kier alpha value is -2.49. The van der Waals surface area contributed by atoms with Gasteiger partial charge in [-0.3, -0.25) is 0 Å². The largest absolute Gasteiger partial charge is 0.492 e. The Labute approximate surface area is 137 Å². The molecule has 0 aliphatic heterocycles. The Kier molecular flexibility index (Phi) is 6.48. The lowest BCUT2D eigenvalue weighted by molar-refractivity contribution is 0.236. The Morgan fingerprint density at radius 3 is 2.26 bits per heavy atom. The van der Waals surface area contributed by atoms with Crippen molar-refractivity contribution in [2.75, 3.05) is 13.2 Å². The van der Waals surface area contributed by atoms with E-state index in [-0.39, 0.29) is 6.03 Å². The van der Waals surface area contributed by atoms with Gasteiger partial charge in [-0.25, -0.2) is 4.79 Å². The van der Waals surface area contributed by atoms with Crippen molar-refractivity contribution in [2.24, 2.45) is 0 Å². The van der Waals surface area contributed by atoms with Gasteiger partial charge in [0.05, 0.1) is 6.54 Å². The van der Waals surface area contributed by atoms with Crippen molar-refractivity contribution < 1.29 is 9.53 Å². The highest BCUT2D eigenvalue weighted by molar-refractivity contribution is 5.73. The summed E-state index contributed by atoms with van der Waals surface area (Å²) >= 11 is 0. The van der Waals surface area contributed by atoms with Crippen molar-refractivity contribution in [1.82, 2.24) is 10.6 Å². The van der Waals surface area contributed by atoms with E-state index in [0.29, 0.717) is 19.7 Å². The van der Waals surface area contributed by atoms with Crippen LogP contribution >= 0.6 is 0 Å². The van der Waals surface area contributed by atoms with Crippen LogP contribution in [0.4, 0.5) is 4.79 Å². The first kappa shape index (κ1) is 16.9. The van der Waals surface area contributed by atoms with Gasteiger partial charge in [-0.15, -0.1) is 0 Å². The average Bonchev–Trinajstić information content (AvgIpc) is 2.59. The lowest BCUT2D eigenvalue weighted by Crippen LogP contribution is -2.37. The molecule has 2 N–H and O–H groups in total. The van der Waals surface area contributed by atoms with Crippen LogP contribution in [0.25, 0.3) is 0 Å². The number of carbonyl (C=O) groups is 1. The second-order valence-electron chi connectivity index (χ2n) is 5.44. The van der Waals surface area contributed by atoms with Crippen LogP contribution in [0.15, 0.2) is 48.5 Å². The minimum atomic E-state index is -0.185. The van der Waals surface area contributed by atoms with Gasteiger partial charge in [0, 0.05) is 6.54 Å². The third kappa shape index (κ3) is 6.02. The van der Waals surface area contributed by atoms with Crippen molar-refractivity contribution in [2.45, 2.75) is 26.8 Å². The zero-order chi connectivity index (χ0) is 16.5. The Balaban J connectivity index is 1.61. The normalized spacial score (nSPS) is 10.2. The highest BCUT2D eigenvalue weighted by atomic mass is 16.5. The van der Waals surface area contributed by atoms with Crippen molar-refractivity contribution in [3.8, 4) is 5.75 Å². The molecule has 2 aromatic rings. The Morgan fingerprint density at radius 1 is 0.957 bits per heavy atom. The van der Waals surface area contributed by atoms with Crippen LogP contribution in [0.3, 0.4) is 0 Å². The summed E-state index contributed by atoms with van der Waals surface area (Å²) in [6, 6.07) is 15.9. The molecule has 4 nitrogen and oxygen atoms in total. The van der Waals surface area contributed by atoms with Gasteiger partial charge in [-0.2, -0.15) is 0 Å². The minimum absolute atomic E-state index is 0.185. The van der Waals surface area contributed by atoms with E-state index in [0.717, 1.165) is 17.7 Å². The molecule has 0 radical (unpaired) electrons. The second kappa shape index (κ2) is 8.83. The van der Waals surface area contributed by atoms with Gasteiger partial charge in [0.25, 0.3) is 0 Å². The van der Waals surface area contributed by atoms with Gasteiger partial charge in [0.1, 0.15) is 12.4 Å². The fourth-order valence-corrected chi connectivity index (χ4v) is 2.11. The van der Waals surface area contributed by atoms with Crippen molar-refractivity contribution in [1.29, 1.82) is 0 Å². The van der Waals surface area contributed by atoms with Crippen LogP contribution in [-0.4, -0.2) is 19.2 Å². The number of ether oxygens (including phenoxy) is 1. The van der Waals surface area contributed by atoms with E-state index in [1.54, 1.807) is 0 Å². The molecule has 0 aliphatic rings. The summed E-state index contributed by atoms with van der Waals surface area (Å²) in [5.74, 6) is 0.823. The minimum Gasteiger partial charge on any atom is -0.492 e. The average molecular weight is 312 g/mol. The van der Waals surface area contributed by atoms with E-state index in [1.807, 2.05) is 43.3 Å². The predicted molar refractivity (Wildman–Crippen MR) is 92.7 cm³/mol. The fourth-order valence-electron chi connectivity index (χ4n) is 2.11. The summed E-state index contributed by atoms with van der Waals surface area (Å²) in [4.78, 5) is 11.7. The lowest BCUT2D eigenvalue weighted by Gasteiger charge is -2.09. The van der Waals surface area contributed by atoms with Gasteiger partial charge in [-0.05, 0) is 36.6 Å². The lowest BCUT2D eigenvalue weighted by atomic mass is 10.1. The number of benzene rings is 2. The fraction of sp³-hybridized carbons (Fsp3) is 0.316. The molecule has 0 bridgehead atoms. The van der Waals surface area contributed by atoms with Crippen LogP contribution in [0, 0.1) is 6.92 Å². The number of nitrogens with one attached hydrogen (secondary N) is 2. The molecule has 2 amide bonds.